The van der Waals surface area contributed by atoms with E-state index in [0.717, 1.165) is 32.1 Å². The van der Waals surface area contributed by atoms with E-state index in [1.165, 1.54) is 5.56 Å². The molecular weight excluding hydrogens is 305 g/mol. The second-order valence-electron chi connectivity index (χ2n) is 7.88. The van der Waals surface area contributed by atoms with Gasteiger partial charge in [-0.1, -0.05) is 30.3 Å². The SMILES string of the molecule is CC(C)(C)OC(=O)N[C@@H](CF)C1CCC(Cc2ccccc2)CC1. The van der Waals surface area contributed by atoms with E-state index in [2.05, 4.69) is 29.6 Å². The van der Waals surface area contributed by atoms with Crippen molar-refractivity contribution in [2.45, 2.75) is 64.5 Å². The van der Waals surface area contributed by atoms with Crippen LogP contribution in [0.4, 0.5) is 9.18 Å². The normalized spacial score (nSPS) is 22.7. The Morgan fingerprint density at radius 1 is 1.21 bits per heavy atom. The number of halogens is 1. The van der Waals surface area contributed by atoms with Gasteiger partial charge in [-0.2, -0.15) is 0 Å². The van der Waals surface area contributed by atoms with Crippen LogP contribution in [0.25, 0.3) is 0 Å². The first kappa shape index (κ1) is 18.8. The van der Waals surface area contributed by atoms with Crippen LogP contribution >= 0.6 is 0 Å². The lowest BCUT2D eigenvalue weighted by molar-refractivity contribution is 0.0458. The van der Waals surface area contributed by atoms with Crippen LogP contribution in [0.3, 0.4) is 0 Å². The monoisotopic (exact) mass is 335 g/mol. The van der Waals surface area contributed by atoms with Crippen molar-refractivity contribution in [2.75, 3.05) is 6.67 Å². The van der Waals surface area contributed by atoms with E-state index in [1.54, 1.807) is 0 Å². The fourth-order valence-corrected chi connectivity index (χ4v) is 3.48. The van der Waals surface area contributed by atoms with Gasteiger partial charge in [0.1, 0.15) is 12.3 Å². The molecule has 2 rings (SSSR count). The number of alkyl carbamates (subject to hydrolysis) is 1. The second kappa shape index (κ2) is 8.50. The van der Waals surface area contributed by atoms with E-state index in [-0.39, 0.29) is 5.92 Å². The van der Waals surface area contributed by atoms with Crippen molar-refractivity contribution >= 4 is 6.09 Å². The van der Waals surface area contributed by atoms with E-state index in [4.69, 9.17) is 4.74 Å². The highest BCUT2D eigenvalue weighted by atomic mass is 19.1. The van der Waals surface area contributed by atoms with Gasteiger partial charge in [-0.05, 0) is 70.3 Å². The number of carbonyl (C=O) groups is 1. The fraction of sp³-hybridized carbons (Fsp3) is 0.650. The lowest BCUT2D eigenvalue weighted by atomic mass is 9.76. The second-order valence-corrected chi connectivity index (χ2v) is 7.88. The maximum Gasteiger partial charge on any atom is 0.407 e. The summed E-state index contributed by atoms with van der Waals surface area (Å²) in [6.07, 6.45) is 4.67. The van der Waals surface area contributed by atoms with Crippen LogP contribution in [-0.2, 0) is 11.2 Å². The third kappa shape index (κ3) is 6.14. The smallest absolute Gasteiger partial charge is 0.407 e. The molecule has 0 radical (unpaired) electrons. The molecule has 1 aliphatic carbocycles. The van der Waals surface area contributed by atoms with Gasteiger partial charge in [0.2, 0.25) is 0 Å². The number of nitrogens with one attached hydrogen (secondary N) is 1. The van der Waals surface area contributed by atoms with E-state index in [9.17, 15) is 9.18 Å². The van der Waals surface area contributed by atoms with Gasteiger partial charge < -0.3 is 10.1 Å². The van der Waals surface area contributed by atoms with Crippen molar-refractivity contribution in [3.8, 4) is 0 Å². The van der Waals surface area contributed by atoms with Gasteiger partial charge in [0, 0.05) is 0 Å². The van der Waals surface area contributed by atoms with Crippen LogP contribution in [-0.4, -0.2) is 24.4 Å². The molecule has 1 atom stereocenters. The summed E-state index contributed by atoms with van der Waals surface area (Å²) >= 11 is 0. The number of hydrogen-bond acceptors (Lipinski definition) is 2. The lowest BCUT2D eigenvalue weighted by Gasteiger charge is -2.33. The summed E-state index contributed by atoms with van der Waals surface area (Å²) in [6, 6.07) is 10.1. The maximum atomic E-state index is 13.4. The molecule has 4 heteroatoms. The van der Waals surface area contributed by atoms with Gasteiger partial charge in [-0.15, -0.1) is 0 Å². The van der Waals surface area contributed by atoms with Gasteiger partial charge in [0.15, 0.2) is 0 Å². The van der Waals surface area contributed by atoms with Gasteiger partial charge in [0.05, 0.1) is 6.04 Å². The zero-order valence-electron chi connectivity index (χ0n) is 15.1. The molecule has 0 spiro atoms. The highest BCUT2D eigenvalue weighted by molar-refractivity contribution is 5.68. The van der Waals surface area contributed by atoms with Crippen LogP contribution in [0.1, 0.15) is 52.0 Å². The molecular formula is C20H30FNO2. The highest BCUT2D eigenvalue weighted by Crippen LogP contribution is 2.33. The number of benzene rings is 1. The summed E-state index contributed by atoms with van der Waals surface area (Å²) in [4.78, 5) is 11.9. The molecule has 0 heterocycles. The van der Waals surface area contributed by atoms with Crippen molar-refractivity contribution in [3.63, 3.8) is 0 Å². The predicted octanol–water partition coefficient (Wildman–Crippen LogP) is 4.90. The summed E-state index contributed by atoms with van der Waals surface area (Å²) < 4.78 is 18.7. The molecule has 1 aromatic rings. The Bertz CT molecular complexity index is 504. The summed E-state index contributed by atoms with van der Waals surface area (Å²) in [6.45, 7) is 4.90. The van der Waals surface area contributed by atoms with E-state index >= 15 is 0 Å². The minimum Gasteiger partial charge on any atom is -0.444 e. The molecule has 134 valence electrons. The minimum absolute atomic E-state index is 0.203. The van der Waals surface area contributed by atoms with E-state index in [0.29, 0.717) is 5.92 Å². The molecule has 1 amide bonds. The minimum atomic E-state index is -0.557. The zero-order chi connectivity index (χ0) is 17.6. The molecule has 0 aromatic heterocycles. The highest BCUT2D eigenvalue weighted by Gasteiger charge is 2.30. The topological polar surface area (TPSA) is 38.3 Å². The van der Waals surface area contributed by atoms with Crippen LogP contribution in [0.15, 0.2) is 30.3 Å². The first-order valence-corrected chi connectivity index (χ1v) is 8.97. The van der Waals surface area contributed by atoms with Crippen molar-refractivity contribution in [1.82, 2.24) is 5.32 Å². The Morgan fingerprint density at radius 2 is 1.83 bits per heavy atom. The van der Waals surface area contributed by atoms with Crippen molar-refractivity contribution in [2.24, 2.45) is 11.8 Å². The molecule has 3 nitrogen and oxygen atoms in total. The first-order valence-electron chi connectivity index (χ1n) is 8.97. The van der Waals surface area contributed by atoms with E-state index < -0.39 is 24.4 Å². The molecule has 24 heavy (non-hydrogen) atoms. The summed E-state index contributed by atoms with van der Waals surface area (Å²) in [5, 5.41) is 2.72. The molecule has 1 N–H and O–H groups in total. The largest absolute Gasteiger partial charge is 0.444 e. The van der Waals surface area contributed by atoms with Crippen LogP contribution in [0.2, 0.25) is 0 Å². The molecule has 0 saturated heterocycles. The predicted molar refractivity (Wildman–Crippen MR) is 94.7 cm³/mol. The maximum absolute atomic E-state index is 13.4. The third-order valence-electron chi connectivity index (χ3n) is 4.70. The Balaban J connectivity index is 1.80. The molecule has 0 aliphatic heterocycles. The summed E-state index contributed by atoms with van der Waals surface area (Å²) in [5.74, 6) is 0.861. The van der Waals surface area contributed by atoms with Crippen LogP contribution in [0.5, 0.6) is 0 Å². The number of amides is 1. The Kier molecular flexibility index (Phi) is 6.64. The van der Waals surface area contributed by atoms with Crippen molar-refractivity contribution < 1.29 is 13.9 Å². The molecule has 1 aliphatic rings. The molecule has 1 saturated carbocycles. The number of rotatable bonds is 5. The third-order valence-corrected chi connectivity index (χ3v) is 4.70. The quantitative estimate of drug-likeness (QED) is 0.831. The molecule has 0 bridgehead atoms. The summed E-state index contributed by atoms with van der Waals surface area (Å²) in [7, 11) is 0. The number of alkyl halides is 1. The van der Waals surface area contributed by atoms with Crippen molar-refractivity contribution in [3.05, 3.63) is 35.9 Å². The summed E-state index contributed by atoms with van der Waals surface area (Å²) in [5.41, 5.74) is 0.813. The first-order chi connectivity index (χ1) is 11.4. The number of carbonyl (C=O) groups excluding carboxylic acids is 1. The number of hydrogen-bond donors (Lipinski definition) is 1. The van der Waals surface area contributed by atoms with Crippen LogP contribution < -0.4 is 5.32 Å². The van der Waals surface area contributed by atoms with Gasteiger partial charge >= 0.3 is 6.09 Å². The molecule has 1 aromatic carbocycles. The Hall–Kier alpha value is -1.58. The average molecular weight is 335 g/mol. The van der Waals surface area contributed by atoms with Gasteiger partial charge in [-0.3, -0.25) is 0 Å². The molecule has 0 unspecified atom stereocenters. The standard InChI is InChI=1S/C20H30FNO2/c1-20(2,3)24-19(23)22-18(14-21)17-11-9-16(10-12-17)13-15-7-5-4-6-8-15/h4-8,16-18H,9-14H2,1-3H3,(H,22,23)/t16?,17?,18-/m0/s1. The van der Waals surface area contributed by atoms with Crippen LogP contribution in [0, 0.1) is 11.8 Å². The van der Waals surface area contributed by atoms with Gasteiger partial charge in [0.25, 0.3) is 0 Å². The molecule has 1 fully saturated rings. The van der Waals surface area contributed by atoms with E-state index in [1.807, 2.05) is 26.8 Å². The number of ether oxygens (including phenoxy) is 1. The van der Waals surface area contributed by atoms with Crippen molar-refractivity contribution in [1.29, 1.82) is 0 Å². The lowest BCUT2D eigenvalue weighted by Crippen LogP contribution is -2.45. The van der Waals surface area contributed by atoms with Gasteiger partial charge in [-0.25, -0.2) is 9.18 Å². The Labute approximate surface area is 145 Å². The Morgan fingerprint density at radius 3 is 2.38 bits per heavy atom. The zero-order valence-corrected chi connectivity index (χ0v) is 15.1. The fourth-order valence-electron chi connectivity index (χ4n) is 3.48. The average Bonchev–Trinajstić information content (AvgIpc) is 2.53.